The topological polar surface area (TPSA) is 64.4 Å². The quantitative estimate of drug-likeness (QED) is 0.808. The van der Waals surface area contributed by atoms with Gasteiger partial charge in [0.15, 0.2) is 0 Å². The number of hydrogen-bond acceptors (Lipinski definition) is 3. The predicted octanol–water partition coefficient (Wildman–Crippen LogP) is 1.75. The van der Waals surface area contributed by atoms with E-state index >= 15 is 0 Å². The number of carbonyl (C=O) groups is 1. The monoisotopic (exact) mass is 250 g/mol. The lowest BCUT2D eigenvalue weighted by Gasteiger charge is -2.13. The molecule has 0 aromatic heterocycles. The molecule has 4 nitrogen and oxygen atoms in total. The van der Waals surface area contributed by atoms with Gasteiger partial charge in [0.1, 0.15) is 5.75 Å². The van der Waals surface area contributed by atoms with Crippen LogP contribution in [0.5, 0.6) is 5.75 Å². The highest BCUT2D eigenvalue weighted by Gasteiger charge is 2.04. The van der Waals surface area contributed by atoms with Crippen molar-refractivity contribution in [1.82, 2.24) is 5.32 Å². The van der Waals surface area contributed by atoms with Crippen LogP contribution in [0, 0.1) is 6.92 Å². The van der Waals surface area contributed by atoms with E-state index in [1.807, 2.05) is 39.0 Å². The van der Waals surface area contributed by atoms with Gasteiger partial charge in [0.2, 0.25) is 5.91 Å². The van der Waals surface area contributed by atoms with Gasteiger partial charge in [-0.3, -0.25) is 4.79 Å². The molecule has 1 aromatic carbocycles. The largest absolute Gasteiger partial charge is 0.491 e. The van der Waals surface area contributed by atoms with Crippen molar-refractivity contribution in [1.29, 1.82) is 0 Å². The average Bonchev–Trinajstić information content (AvgIpc) is 2.29. The number of rotatable bonds is 6. The fraction of sp³-hybridized carbons (Fsp3) is 0.500. The van der Waals surface area contributed by atoms with Gasteiger partial charge < -0.3 is 15.8 Å². The van der Waals surface area contributed by atoms with Crippen molar-refractivity contribution in [2.24, 2.45) is 5.73 Å². The third-order valence-corrected chi connectivity index (χ3v) is 2.46. The molecule has 0 saturated carbocycles. The Bertz CT molecular complexity index is 403. The highest BCUT2D eigenvalue weighted by Crippen LogP contribution is 2.20. The molecule has 1 rings (SSSR count). The van der Waals surface area contributed by atoms with Crippen molar-refractivity contribution >= 4 is 5.91 Å². The third-order valence-electron chi connectivity index (χ3n) is 2.46. The van der Waals surface area contributed by atoms with E-state index < -0.39 is 0 Å². The molecule has 1 amide bonds. The van der Waals surface area contributed by atoms with E-state index in [0.717, 1.165) is 16.9 Å². The lowest BCUT2D eigenvalue weighted by atomic mass is 10.1. The predicted molar refractivity (Wildman–Crippen MR) is 72.5 cm³/mol. The molecular formula is C14H22N2O2. The van der Waals surface area contributed by atoms with Gasteiger partial charge in [-0.15, -0.1) is 0 Å². The summed E-state index contributed by atoms with van der Waals surface area (Å²) in [5.41, 5.74) is 7.45. The number of benzene rings is 1. The van der Waals surface area contributed by atoms with E-state index in [4.69, 9.17) is 10.5 Å². The maximum atomic E-state index is 11.3. The summed E-state index contributed by atoms with van der Waals surface area (Å²) in [6.07, 6.45) is 0.534. The van der Waals surface area contributed by atoms with E-state index in [9.17, 15) is 4.79 Å². The van der Waals surface area contributed by atoms with Gasteiger partial charge in [-0.2, -0.15) is 0 Å². The summed E-state index contributed by atoms with van der Waals surface area (Å²) >= 11 is 0. The molecule has 4 heteroatoms. The normalized spacial score (nSPS) is 10.5. The Hall–Kier alpha value is -1.55. The lowest BCUT2D eigenvalue weighted by molar-refractivity contribution is -0.121. The maximum Gasteiger partial charge on any atom is 0.221 e. The summed E-state index contributed by atoms with van der Waals surface area (Å²) in [7, 11) is 0. The molecule has 1 aromatic rings. The highest BCUT2D eigenvalue weighted by atomic mass is 16.5. The van der Waals surface area contributed by atoms with Crippen LogP contribution in [0.1, 0.15) is 31.4 Å². The molecular weight excluding hydrogens is 228 g/mol. The SMILES string of the molecule is Cc1cc(CNC(=O)CCN)ccc1OC(C)C. The minimum atomic E-state index is -0.0161. The number of aryl methyl sites for hydroxylation is 1. The second-order valence-corrected chi connectivity index (χ2v) is 4.58. The first-order valence-corrected chi connectivity index (χ1v) is 6.26. The summed E-state index contributed by atoms with van der Waals surface area (Å²) in [4.78, 5) is 11.3. The molecule has 0 spiro atoms. The maximum absolute atomic E-state index is 11.3. The Morgan fingerprint density at radius 3 is 2.72 bits per heavy atom. The van der Waals surface area contributed by atoms with Crippen LogP contribution in [-0.4, -0.2) is 18.6 Å². The van der Waals surface area contributed by atoms with Gasteiger partial charge in [-0.1, -0.05) is 12.1 Å². The van der Waals surface area contributed by atoms with Crippen molar-refractivity contribution in [3.8, 4) is 5.75 Å². The minimum Gasteiger partial charge on any atom is -0.491 e. The Balaban J connectivity index is 2.58. The van der Waals surface area contributed by atoms with Crippen LogP contribution in [-0.2, 0) is 11.3 Å². The van der Waals surface area contributed by atoms with Crippen LogP contribution < -0.4 is 15.8 Å². The van der Waals surface area contributed by atoms with Crippen molar-refractivity contribution in [3.63, 3.8) is 0 Å². The first-order chi connectivity index (χ1) is 8.52. The molecule has 0 atom stereocenters. The number of amides is 1. The average molecular weight is 250 g/mol. The Kier molecular flexibility index (Phi) is 5.65. The first-order valence-electron chi connectivity index (χ1n) is 6.26. The second kappa shape index (κ2) is 7.01. The summed E-state index contributed by atoms with van der Waals surface area (Å²) in [6.45, 7) is 6.91. The van der Waals surface area contributed by atoms with Crippen molar-refractivity contribution < 1.29 is 9.53 Å². The lowest BCUT2D eigenvalue weighted by Crippen LogP contribution is -2.25. The Morgan fingerprint density at radius 1 is 1.44 bits per heavy atom. The van der Waals surface area contributed by atoms with Crippen LogP contribution in [0.15, 0.2) is 18.2 Å². The number of nitrogens with two attached hydrogens (primary N) is 1. The van der Waals surface area contributed by atoms with Gasteiger partial charge in [0.05, 0.1) is 6.10 Å². The zero-order valence-electron chi connectivity index (χ0n) is 11.3. The zero-order chi connectivity index (χ0) is 13.5. The summed E-state index contributed by atoms with van der Waals surface area (Å²) in [5.74, 6) is 0.875. The molecule has 0 aliphatic carbocycles. The van der Waals surface area contributed by atoms with E-state index in [0.29, 0.717) is 19.5 Å². The van der Waals surface area contributed by atoms with E-state index in [1.54, 1.807) is 0 Å². The molecule has 0 bridgehead atoms. The molecule has 3 N–H and O–H groups in total. The van der Waals surface area contributed by atoms with Gasteiger partial charge in [-0.25, -0.2) is 0 Å². The van der Waals surface area contributed by atoms with Crippen molar-refractivity contribution in [2.75, 3.05) is 6.54 Å². The van der Waals surface area contributed by atoms with Gasteiger partial charge >= 0.3 is 0 Å². The van der Waals surface area contributed by atoms with Crippen LogP contribution in [0.4, 0.5) is 0 Å². The smallest absolute Gasteiger partial charge is 0.221 e. The van der Waals surface area contributed by atoms with Crippen molar-refractivity contribution in [3.05, 3.63) is 29.3 Å². The van der Waals surface area contributed by atoms with Gasteiger partial charge in [0, 0.05) is 19.5 Å². The molecule has 0 radical (unpaired) electrons. The number of carbonyl (C=O) groups excluding carboxylic acids is 1. The van der Waals surface area contributed by atoms with Gasteiger partial charge in [-0.05, 0) is 38.0 Å². The van der Waals surface area contributed by atoms with Crippen molar-refractivity contribution in [2.45, 2.75) is 39.8 Å². The van der Waals surface area contributed by atoms with E-state index in [-0.39, 0.29) is 12.0 Å². The zero-order valence-corrected chi connectivity index (χ0v) is 11.3. The number of ether oxygens (including phenoxy) is 1. The fourth-order valence-electron chi connectivity index (χ4n) is 1.63. The molecule has 0 heterocycles. The molecule has 100 valence electrons. The number of hydrogen-bond donors (Lipinski definition) is 2. The fourth-order valence-corrected chi connectivity index (χ4v) is 1.63. The summed E-state index contributed by atoms with van der Waals surface area (Å²) < 4.78 is 5.66. The molecule has 0 aliphatic rings. The molecule has 18 heavy (non-hydrogen) atoms. The third kappa shape index (κ3) is 4.75. The molecule has 0 aliphatic heterocycles. The molecule has 0 fully saturated rings. The summed E-state index contributed by atoms with van der Waals surface area (Å²) in [5, 5.41) is 2.83. The van der Waals surface area contributed by atoms with Crippen LogP contribution in [0.25, 0.3) is 0 Å². The Morgan fingerprint density at radius 2 is 2.17 bits per heavy atom. The van der Waals surface area contributed by atoms with E-state index in [1.165, 1.54) is 0 Å². The van der Waals surface area contributed by atoms with Crippen LogP contribution in [0.3, 0.4) is 0 Å². The standard InChI is InChI=1S/C14H22N2O2/c1-10(2)18-13-5-4-12(8-11(13)3)9-16-14(17)6-7-15/h4-5,8,10H,6-7,9,15H2,1-3H3,(H,16,17). The highest BCUT2D eigenvalue weighted by molar-refractivity contribution is 5.76. The Labute approximate surface area is 109 Å². The molecule has 0 unspecified atom stereocenters. The molecule has 0 saturated heterocycles. The second-order valence-electron chi connectivity index (χ2n) is 4.58. The van der Waals surface area contributed by atoms with Crippen LogP contribution in [0.2, 0.25) is 0 Å². The van der Waals surface area contributed by atoms with Crippen LogP contribution >= 0.6 is 0 Å². The summed E-state index contributed by atoms with van der Waals surface area (Å²) in [6, 6.07) is 5.94. The minimum absolute atomic E-state index is 0.0161. The van der Waals surface area contributed by atoms with Gasteiger partial charge in [0.25, 0.3) is 0 Å². The first kappa shape index (κ1) is 14.5. The number of nitrogens with one attached hydrogen (secondary N) is 1. The van der Waals surface area contributed by atoms with E-state index in [2.05, 4.69) is 5.32 Å².